The highest BCUT2D eigenvalue weighted by molar-refractivity contribution is 6.13. The van der Waals surface area contributed by atoms with Crippen molar-refractivity contribution in [1.29, 1.82) is 0 Å². The topological polar surface area (TPSA) is 85.1 Å². The summed E-state index contributed by atoms with van der Waals surface area (Å²) < 4.78 is 0. The van der Waals surface area contributed by atoms with Crippen LogP contribution in [0.25, 0.3) is 22.2 Å². The van der Waals surface area contributed by atoms with Crippen LogP contribution in [0.1, 0.15) is 29.8 Å². The Labute approximate surface area is 186 Å². The van der Waals surface area contributed by atoms with Crippen molar-refractivity contribution in [2.75, 3.05) is 5.32 Å². The Hall–Kier alpha value is -4.06. The summed E-state index contributed by atoms with van der Waals surface area (Å²) in [6.45, 7) is 4.37. The second-order valence-electron chi connectivity index (χ2n) is 8.13. The lowest BCUT2D eigenvalue weighted by Crippen LogP contribution is -2.13. The van der Waals surface area contributed by atoms with Crippen LogP contribution in [-0.2, 0) is 6.42 Å². The maximum Gasteiger partial charge on any atom is 0.271 e. The molecule has 0 aliphatic heterocycles. The molecule has 160 valence electrons. The van der Waals surface area contributed by atoms with Gasteiger partial charge in [0.2, 0.25) is 0 Å². The Bertz CT molecular complexity index is 1300. The van der Waals surface area contributed by atoms with E-state index >= 15 is 0 Å². The third-order valence-electron chi connectivity index (χ3n) is 5.17. The molecular formula is C26H23N3O3. The van der Waals surface area contributed by atoms with Gasteiger partial charge in [0.25, 0.3) is 11.6 Å². The van der Waals surface area contributed by atoms with Crippen molar-refractivity contribution in [2.45, 2.75) is 20.3 Å². The first-order valence-corrected chi connectivity index (χ1v) is 10.5. The molecule has 1 heterocycles. The smallest absolute Gasteiger partial charge is 0.271 e. The first kappa shape index (κ1) is 21.2. The highest BCUT2D eigenvalue weighted by Crippen LogP contribution is 2.27. The van der Waals surface area contributed by atoms with Crippen LogP contribution in [-0.4, -0.2) is 15.8 Å². The molecule has 0 aliphatic rings. The zero-order valence-corrected chi connectivity index (χ0v) is 17.9. The van der Waals surface area contributed by atoms with E-state index in [0.717, 1.165) is 17.4 Å². The van der Waals surface area contributed by atoms with Crippen molar-refractivity contribution >= 4 is 28.2 Å². The number of hydrogen-bond donors (Lipinski definition) is 1. The molecule has 32 heavy (non-hydrogen) atoms. The van der Waals surface area contributed by atoms with E-state index in [1.807, 2.05) is 36.4 Å². The van der Waals surface area contributed by atoms with Gasteiger partial charge < -0.3 is 5.32 Å². The molecule has 0 saturated carbocycles. The number of benzene rings is 3. The quantitative estimate of drug-likeness (QED) is 0.292. The van der Waals surface area contributed by atoms with E-state index in [4.69, 9.17) is 4.98 Å². The molecule has 1 N–H and O–H groups in total. The summed E-state index contributed by atoms with van der Waals surface area (Å²) in [7, 11) is 0. The van der Waals surface area contributed by atoms with Gasteiger partial charge in [0.05, 0.1) is 21.7 Å². The Kier molecular flexibility index (Phi) is 5.94. The van der Waals surface area contributed by atoms with Gasteiger partial charge in [-0.1, -0.05) is 62.4 Å². The highest BCUT2D eigenvalue weighted by Gasteiger charge is 2.15. The number of para-hydroxylation sites is 1. The molecule has 0 aliphatic carbocycles. The van der Waals surface area contributed by atoms with E-state index in [-0.39, 0.29) is 11.6 Å². The Morgan fingerprint density at radius 2 is 1.75 bits per heavy atom. The number of aromatic nitrogens is 1. The number of pyridine rings is 1. The lowest BCUT2D eigenvalue weighted by molar-refractivity contribution is -0.384. The number of carbonyl (C=O) groups is 1. The van der Waals surface area contributed by atoms with Gasteiger partial charge in [0, 0.05) is 28.8 Å². The molecule has 0 radical (unpaired) electrons. The average Bonchev–Trinajstić information content (AvgIpc) is 2.78. The van der Waals surface area contributed by atoms with E-state index in [0.29, 0.717) is 28.4 Å². The van der Waals surface area contributed by atoms with Crippen LogP contribution in [0.5, 0.6) is 0 Å². The minimum Gasteiger partial charge on any atom is -0.322 e. The molecule has 0 fully saturated rings. The predicted octanol–water partition coefficient (Wildman–Crippen LogP) is 6.26. The monoisotopic (exact) mass is 425 g/mol. The first-order chi connectivity index (χ1) is 15.4. The molecule has 6 heteroatoms. The summed E-state index contributed by atoms with van der Waals surface area (Å²) in [5.41, 5.74) is 4.34. The van der Waals surface area contributed by atoms with Gasteiger partial charge in [-0.15, -0.1) is 0 Å². The van der Waals surface area contributed by atoms with Gasteiger partial charge in [-0.3, -0.25) is 14.9 Å². The molecule has 4 aromatic rings. The number of fused-ring (bicyclic) bond motifs is 1. The number of anilines is 1. The van der Waals surface area contributed by atoms with E-state index in [1.165, 1.54) is 17.7 Å². The fourth-order valence-corrected chi connectivity index (χ4v) is 3.69. The Morgan fingerprint density at radius 3 is 2.47 bits per heavy atom. The maximum absolute atomic E-state index is 13.2. The number of nitro benzene ring substituents is 1. The van der Waals surface area contributed by atoms with Crippen LogP contribution in [0, 0.1) is 16.0 Å². The van der Waals surface area contributed by atoms with Gasteiger partial charge in [-0.05, 0) is 36.1 Å². The minimum atomic E-state index is -0.488. The summed E-state index contributed by atoms with van der Waals surface area (Å²) in [4.78, 5) is 28.5. The molecule has 0 spiro atoms. The molecular weight excluding hydrogens is 402 g/mol. The molecule has 0 bridgehead atoms. The van der Waals surface area contributed by atoms with E-state index in [2.05, 4.69) is 31.3 Å². The van der Waals surface area contributed by atoms with Crippen LogP contribution in [0.4, 0.5) is 11.4 Å². The number of rotatable bonds is 6. The molecule has 6 nitrogen and oxygen atoms in total. The lowest BCUT2D eigenvalue weighted by atomic mass is 9.99. The zero-order chi connectivity index (χ0) is 22.7. The maximum atomic E-state index is 13.2. The number of hydrogen-bond acceptors (Lipinski definition) is 4. The fourth-order valence-electron chi connectivity index (χ4n) is 3.69. The zero-order valence-electron chi connectivity index (χ0n) is 17.9. The van der Waals surface area contributed by atoms with Crippen molar-refractivity contribution in [3.05, 3.63) is 100 Å². The van der Waals surface area contributed by atoms with Crippen molar-refractivity contribution in [3.8, 4) is 11.3 Å². The van der Waals surface area contributed by atoms with E-state index in [9.17, 15) is 14.9 Å². The van der Waals surface area contributed by atoms with Crippen LogP contribution in [0.3, 0.4) is 0 Å². The van der Waals surface area contributed by atoms with Crippen molar-refractivity contribution in [3.63, 3.8) is 0 Å². The van der Waals surface area contributed by atoms with Crippen LogP contribution in [0.15, 0.2) is 78.9 Å². The molecule has 0 atom stereocenters. The highest BCUT2D eigenvalue weighted by atomic mass is 16.6. The van der Waals surface area contributed by atoms with E-state index < -0.39 is 4.92 Å². The molecule has 1 amide bonds. The molecule has 0 saturated heterocycles. The van der Waals surface area contributed by atoms with Gasteiger partial charge in [0.15, 0.2) is 0 Å². The molecule has 1 aromatic heterocycles. The first-order valence-electron chi connectivity index (χ1n) is 10.5. The molecule has 3 aromatic carbocycles. The Morgan fingerprint density at radius 1 is 1.00 bits per heavy atom. The Balaban J connectivity index is 1.71. The number of nitro groups is 1. The van der Waals surface area contributed by atoms with Gasteiger partial charge in [-0.25, -0.2) is 4.98 Å². The summed E-state index contributed by atoms with van der Waals surface area (Å²) >= 11 is 0. The summed E-state index contributed by atoms with van der Waals surface area (Å²) in [5, 5.41) is 14.6. The predicted molar refractivity (Wildman–Crippen MR) is 127 cm³/mol. The number of non-ortho nitro benzene ring substituents is 1. The van der Waals surface area contributed by atoms with Crippen LogP contribution >= 0.6 is 0 Å². The third-order valence-corrected chi connectivity index (χ3v) is 5.17. The number of nitrogens with one attached hydrogen (secondary N) is 1. The molecule has 4 rings (SSSR count). The third kappa shape index (κ3) is 4.64. The average molecular weight is 425 g/mol. The lowest BCUT2D eigenvalue weighted by Gasteiger charge is -2.11. The standard InChI is InChI=1S/C26H23N3O3/c1-17(2)14-18-10-12-19(13-11-18)25-16-23(22-8-3-4-9-24(22)28-25)26(30)27-20-6-5-7-21(15-20)29(31)32/h3-13,15-17H,14H2,1-2H3,(H,27,30). The number of amides is 1. The number of carbonyl (C=O) groups excluding carboxylic acids is 1. The second kappa shape index (κ2) is 8.98. The second-order valence-corrected chi connectivity index (χ2v) is 8.13. The van der Waals surface area contributed by atoms with Crippen LogP contribution in [0.2, 0.25) is 0 Å². The summed E-state index contributed by atoms with van der Waals surface area (Å²) in [5.74, 6) is 0.227. The van der Waals surface area contributed by atoms with Gasteiger partial charge in [0.1, 0.15) is 0 Å². The summed E-state index contributed by atoms with van der Waals surface area (Å²) in [6.07, 6.45) is 1.00. The largest absolute Gasteiger partial charge is 0.322 e. The SMILES string of the molecule is CC(C)Cc1ccc(-c2cc(C(=O)Nc3cccc([N+](=O)[O-])c3)c3ccccc3n2)cc1. The van der Waals surface area contributed by atoms with Gasteiger partial charge >= 0.3 is 0 Å². The molecule has 0 unspecified atom stereocenters. The minimum absolute atomic E-state index is 0.0791. The van der Waals surface area contributed by atoms with Crippen molar-refractivity contribution in [2.24, 2.45) is 5.92 Å². The van der Waals surface area contributed by atoms with Crippen molar-refractivity contribution in [1.82, 2.24) is 4.98 Å². The van der Waals surface area contributed by atoms with Crippen molar-refractivity contribution < 1.29 is 9.72 Å². The van der Waals surface area contributed by atoms with Gasteiger partial charge in [-0.2, -0.15) is 0 Å². The van der Waals surface area contributed by atoms with Crippen LogP contribution < -0.4 is 5.32 Å². The number of nitrogens with zero attached hydrogens (tertiary/aromatic N) is 2. The summed E-state index contributed by atoms with van der Waals surface area (Å²) in [6, 6.07) is 23.4. The van der Waals surface area contributed by atoms with E-state index in [1.54, 1.807) is 18.2 Å². The normalized spacial score (nSPS) is 11.0. The fraction of sp³-hybridized carbons (Fsp3) is 0.154.